The van der Waals surface area contributed by atoms with E-state index in [1.807, 2.05) is 4.90 Å². The maximum atomic E-state index is 12.5. The molecular weight excluding hydrogens is 338 g/mol. The van der Waals surface area contributed by atoms with Crippen LogP contribution in [-0.2, 0) is 10.0 Å². The Bertz CT molecular complexity index is 601. The van der Waals surface area contributed by atoms with Crippen LogP contribution in [-0.4, -0.2) is 61.1 Å². The van der Waals surface area contributed by atoms with E-state index in [1.54, 1.807) is 4.31 Å². The summed E-state index contributed by atoms with van der Waals surface area (Å²) in [5.41, 5.74) is 0. The van der Waals surface area contributed by atoms with E-state index in [0.29, 0.717) is 13.1 Å². The van der Waals surface area contributed by atoms with Gasteiger partial charge in [-0.25, -0.2) is 13.2 Å². The Morgan fingerprint density at radius 3 is 2.36 bits per heavy atom. The molecule has 0 spiro atoms. The Morgan fingerprint density at radius 1 is 1.04 bits per heavy atom. The molecule has 1 heterocycles. The van der Waals surface area contributed by atoms with E-state index in [2.05, 4.69) is 17.5 Å². The molecule has 0 aromatic carbocycles. The van der Waals surface area contributed by atoms with Crippen LogP contribution in [0.3, 0.4) is 0 Å². The first-order valence-electron chi connectivity index (χ1n) is 9.66. The first-order valence-corrected chi connectivity index (χ1v) is 11.5. The molecule has 2 fully saturated rings. The average Bonchev–Trinajstić information content (AvgIpc) is 2.76. The molecule has 25 heavy (non-hydrogen) atoms. The number of allylic oxidation sites excluding steroid dienone is 1. The van der Waals surface area contributed by atoms with Gasteiger partial charge in [0.1, 0.15) is 0 Å². The largest absolute Gasteiger partial charge is 0.332 e. The average molecular weight is 370 g/mol. The first kappa shape index (κ1) is 18.7. The number of rotatable bonds is 4. The molecule has 0 aromatic rings. The van der Waals surface area contributed by atoms with Gasteiger partial charge in [0.25, 0.3) is 0 Å². The van der Waals surface area contributed by atoms with Gasteiger partial charge in [-0.1, -0.05) is 18.6 Å². The Hall–Kier alpha value is -1.08. The third-order valence-electron chi connectivity index (χ3n) is 5.73. The van der Waals surface area contributed by atoms with Gasteiger partial charge in [-0.15, -0.1) is 0 Å². The normalized spacial score (nSPS) is 28.5. The quantitative estimate of drug-likeness (QED) is 0.774. The van der Waals surface area contributed by atoms with Crippen LogP contribution in [0.15, 0.2) is 12.2 Å². The fourth-order valence-corrected chi connectivity index (χ4v) is 5.70. The molecule has 142 valence electrons. The number of likely N-dealkylation sites (tertiary alicyclic amines) is 1. The lowest BCUT2D eigenvalue weighted by Crippen LogP contribution is -2.50. The van der Waals surface area contributed by atoms with Crippen molar-refractivity contribution in [2.75, 3.05) is 19.3 Å². The van der Waals surface area contributed by atoms with Crippen LogP contribution in [0.2, 0.25) is 0 Å². The molecule has 1 aliphatic heterocycles. The number of sulfonamides is 1. The van der Waals surface area contributed by atoms with Crippen molar-refractivity contribution in [3.05, 3.63) is 12.2 Å². The molecule has 6 nitrogen and oxygen atoms in total. The number of hydrogen-bond donors (Lipinski definition) is 1. The molecule has 3 rings (SSSR count). The molecule has 1 saturated carbocycles. The highest BCUT2D eigenvalue weighted by Gasteiger charge is 2.37. The SMILES string of the molecule is CS(=O)(=O)N(C1CCC1)[C@H]1CCCN(C(=O)N[C@@H]2C=CCCC2)CC1. The fraction of sp³-hybridized carbons (Fsp3) is 0.833. The van der Waals surface area contributed by atoms with Crippen LogP contribution < -0.4 is 5.32 Å². The number of carbonyl (C=O) groups excluding carboxylic acids is 1. The number of urea groups is 1. The van der Waals surface area contributed by atoms with Gasteiger partial charge in [-0.2, -0.15) is 4.31 Å². The highest BCUT2D eigenvalue weighted by atomic mass is 32.2. The predicted molar refractivity (Wildman–Crippen MR) is 98.8 cm³/mol. The van der Waals surface area contributed by atoms with Gasteiger partial charge in [-0.05, 0) is 51.4 Å². The van der Waals surface area contributed by atoms with Crippen LogP contribution in [0, 0.1) is 0 Å². The second kappa shape index (κ2) is 8.08. The molecule has 0 aromatic heterocycles. The number of nitrogens with zero attached hydrogens (tertiary/aromatic N) is 2. The second-order valence-corrected chi connectivity index (χ2v) is 9.55. The van der Waals surface area contributed by atoms with Gasteiger partial charge in [-0.3, -0.25) is 0 Å². The van der Waals surface area contributed by atoms with Crippen molar-refractivity contribution in [2.24, 2.45) is 0 Å². The maximum absolute atomic E-state index is 12.5. The van der Waals surface area contributed by atoms with Gasteiger partial charge in [0.15, 0.2) is 0 Å². The molecular formula is C18H31N3O3S. The molecule has 2 aliphatic carbocycles. The van der Waals surface area contributed by atoms with Crippen molar-refractivity contribution in [3.63, 3.8) is 0 Å². The van der Waals surface area contributed by atoms with E-state index in [9.17, 15) is 13.2 Å². The molecule has 1 saturated heterocycles. The van der Waals surface area contributed by atoms with E-state index in [1.165, 1.54) is 6.26 Å². The molecule has 7 heteroatoms. The van der Waals surface area contributed by atoms with Gasteiger partial charge in [0.05, 0.1) is 6.26 Å². The predicted octanol–water partition coefficient (Wildman–Crippen LogP) is 2.47. The molecule has 2 amide bonds. The van der Waals surface area contributed by atoms with Crippen molar-refractivity contribution < 1.29 is 13.2 Å². The zero-order chi connectivity index (χ0) is 17.9. The van der Waals surface area contributed by atoms with Crippen molar-refractivity contribution >= 4 is 16.1 Å². The zero-order valence-corrected chi connectivity index (χ0v) is 16.0. The lowest BCUT2D eigenvalue weighted by Gasteiger charge is -2.40. The van der Waals surface area contributed by atoms with Gasteiger partial charge in [0.2, 0.25) is 10.0 Å². The summed E-state index contributed by atoms with van der Waals surface area (Å²) in [4.78, 5) is 14.4. The maximum Gasteiger partial charge on any atom is 0.317 e. The number of carbonyl (C=O) groups is 1. The monoisotopic (exact) mass is 369 g/mol. The molecule has 1 N–H and O–H groups in total. The van der Waals surface area contributed by atoms with Crippen LogP contribution in [0.25, 0.3) is 0 Å². The van der Waals surface area contributed by atoms with Gasteiger partial charge in [0, 0.05) is 31.2 Å². The minimum atomic E-state index is -3.20. The molecule has 0 unspecified atom stereocenters. The smallest absolute Gasteiger partial charge is 0.317 e. The first-order chi connectivity index (χ1) is 11.9. The van der Waals surface area contributed by atoms with Crippen molar-refractivity contribution in [1.29, 1.82) is 0 Å². The van der Waals surface area contributed by atoms with E-state index < -0.39 is 10.0 Å². The summed E-state index contributed by atoms with van der Waals surface area (Å²) in [6.07, 6.45) is 14.3. The van der Waals surface area contributed by atoms with Crippen molar-refractivity contribution in [2.45, 2.75) is 75.9 Å². The standard InChI is InChI=1S/C18H31N3O3S/c1-25(23,24)21(16-9-5-10-16)17-11-6-13-20(14-12-17)18(22)19-15-7-3-2-4-8-15/h3,7,15-17H,2,4-6,8-14H2,1H3,(H,19,22)/t15-,17+/m1/s1. The van der Waals surface area contributed by atoms with Crippen LogP contribution in [0.4, 0.5) is 4.79 Å². The van der Waals surface area contributed by atoms with Gasteiger partial charge >= 0.3 is 6.03 Å². The van der Waals surface area contributed by atoms with Crippen LogP contribution >= 0.6 is 0 Å². The molecule has 2 atom stereocenters. The summed E-state index contributed by atoms with van der Waals surface area (Å²) < 4.78 is 26.3. The summed E-state index contributed by atoms with van der Waals surface area (Å²) in [6, 6.07) is 0.343. The zero-order valence-electron chi connectivity index (χ0n) is 15.2. The molecule has 0 radical (unpaired) electrons. The molecule has 3 aliphatic rings. The highest BCUT2D eigenvalue weighted by Crippen LogP contribution is 2.31. The summed E-state index contributed by atoms with van der Waals surface area (Å²) in [6.45, 7) is 1.34. The van der Waals surface area contributed by atoms with E-state index in [4.69, 9.17) is 0 Å². The summed E-state index contributed by atoms with van der Waals surface area (Å²) >= 11 is 0. The molecule has 0 bridgehead atoms. The van der Waals surface area contributed by atoms with E-state index in [-0.39, 0.29) is 24.2 Å². The Labute approximate surface area is 151 Å². The third-order valence-corrected chi connectivity index (χ3v) is 7.09. The number of hydrogen-bond acceptors (Lipinski definition) is 3. The Balaban J connectivity index is 1.58. The summed E-state index contributed by atoms with van der Waals surface area (Å²) in [5, 5.41) is 3.10. The Morgan fingerprint density at radius 2 is 1.76 bits per heavy atom. The second-order valence-electron chi connectivity index (χ2n) is 7.66. The minimum Gasteiger partial charge on any atom is -0.332 e. The summed E-state index contributed by atoms with van der Waals surface area (Å²) in [7, 11) is -3.20. The summed E-state index contributed by atoms with van der Waals surface area (Å²) in [5.74, 6) is 0. The van der Waals surface area contributed by atoms with Crippen LogP contribution in [0.1, 0.15) is 57.8 Å². The minimum absolute atomic E-state index is 0.00764. The number of amides is 2. The topological polar surface area (TPSA) is 69.7 Å². The Kier molecular flexibility index (Phi) is 6.04. The highest BCUT2D eigenvalue weighted by molar-refractivity contribution is 7.88. The lowest BCUT2D eigenvalue weighted by atomic mass is 9.91. The van der Waals surface area contributed by atoms with Crippen molar-refractivity contribution in [3.8, 4) is 0 Å². The van der Waals surface area contributed by atoms with E-state index in [0.717, 1.165) is 57.8 Å². The number of nitrogens with one attached hydrogen (secondary N) is 1. The lowest BCUT2D eigenvalue weighted by molar-refractivity contribution is 0.161. The van der Waals surface area contributed by atoms with Gasteiger partial charge < -0.3 is 10.2 Å². The van der Waals surface area contributed by atoms with E-state index >= 15 is 0 Å². The fourth-order valence-electron chi connectivity index (χ4n) is 4.20. The third kappa shape index (κ3) is 4.76. The van der Waals surface area contributed by atoms with Crippen LogP contribution in [0.5, 0.6) is 0 Å². The van der Waals surface area contributed by atoms with Crippen molar-refractivity contribution in [1.82, 2.24) is 14.5 Å².